The van der Waals surface area contributed by atoms with E-state index in [0.717, 1.165) is 5.56 Å². The Labute approximate surface area is 133 Å². The number of tetrazole rings is 1. The molecule has 1 aromatic heterocycles. The van der Waals surface area contributed by atoms with Gasteiger partial charge in [-0.25, -0.2) is 4.79 Å². The van der Waals surface area contributed by atoms with E-state index in [1.807, 2.05) is 24.3 Å². The summed E-state index contributed by atoms with van der Waals surface area (Å²) in [4.78, 5) is 12.4. The van der Waals surface area contributed by atoms with Gasteiger partial charge in [0.25, 0.3) is 0 Å². The van der Waals surface area contributed by atoms with Gasteiger partial charge in [-0.1, -0.05) is 17.2 Å². The fraction of sp³-hybridized carbons (Fsp3) is 0.333. The maximum atomic E-state index is 12.4. The van der Waals surface area contributed by atoms with E-state index in [-0.39, 0.29) is 0 Å². The zero-order chi connectivity index (χ0) is 16.4. The number of esters is 1. The SMILES string of the molecule is CCOC(=O)C1=C(C)Nc2nnnn2C1c1cccc(OC)c1. The Hall–Kier alpha value is -2.90. The van der Waals surface area contributed by atoms with Gasteiger partial charge in [-0.05, 0) is 42.0 Å². The Balaban J connectivity index is 2.14. The van der Waals surface area contributed by atoms with Crippen molar-refractivity contribution < 1.29 is 14.3 Å². The number of methoxy groups -OCH3 is 1. The second kappa shape index (κ2) is 6.07. The van der Waals surface area contributed by atoms with E-state index in [0.29, 0.717) is 29.6 Å². The quantitative estimate of drug-likeness (QED) is 0.855. The summed E-state index contributed by atoms with van der Waals surface area (Å²) in [5, 5.41) is 14.7. The van der Waals surface area contributed by atoms with Crippen LogP contribution in [0.4, 0.5) is 5.95 Å². The van der Waals surface area contributed by atoms with Gasteiger partial charge in [-0.3, -0.25) is 0 Å². The zero-order valence-electron chi connectivity index (χ0n) is 13.1. The summed E-state index contributed by atoms with van der Waals surface area (Å²) in [5.41, 5.74) is 1.97. The molecule has 1 aliphatic rings. The molecule has 23 heavy (non-hydrogen) atoms. The highest BCUT2D eigenvalue weighted by atomic mass is 16.5. The summed E-state index contributed by atoms with van der Waals surface area (Å²) in [6, 6.07) is 6.98. The molecule has 120 valence electrons. The third-order valence-electron chi connectivity index (χ3n) is 3.62. The van der Waals surface area contributed by atoms with Gasteiger partial charge in [-0.2, -0.15) is 4.68 Å². The van der Waals surface area contributed by atoms with Crippen LogP contribution in [0.3, 0.4) is 0 Å². The zero-order valence-corrected chi connectivity index (χ0v) is 13.1. The molecule has 1 aliphatic heterocycles. The molecule has 0 aliphatic carbocycles. The van der Waals surface area contributed by atoms with Gasteiger partial charge in [-0.15, -0.1) is 0 Å². The van der Waals surface area contributed by atoms with Crippen molar-refractivity contribution in [1.82, 2.24) is 20.2 Å². The minimum atomic E-state index is -0.476. The first-order valence-electron chi connectivity index (χ1n) is 7.22. The van der Waals surface area contributed by atoms with Crippen molar-refractivity contribution in [2.75, 3.05) is 19.0 Å². The van der Waals surface area contributed by atoms with Gasteiger partial charge in [0, 0.05) is 5.70 Å². The van der Waals surface area contributed by atoms with Crippen LogP contribution in [0, 0.1) is 0 Å². The number of fused-ring (bicyclic) bond motifs is 1. The van der Waals surface area contributed by atoms with Crippen LogP contribution in [0.2, 0.25) is 0 Å². The second-order valence-corrected chi connectivity index (χ2v) is 5.01. The Morgan fingerprint density at radius 3 is 3.00 bits per heavy atom. The first kappa shape index (κ1) is 15.0. The maximum absolute atomic E-state index is 12.4. The van der Waals surface area contributed by atoms with E-state index in [4.69, 9.17) is 9.47 Å². The molecule has 8 nitrogen and oxygen atoms in total. The molecule has 0 bridgehead atoms. The number of hydrogen-bond donors (Lipinski definition) is 1. The number of hydrogen-bond acceptors (Lipinski definition) is 7. The molecule has 1 aromatic carbocycles. The molecule has 3 rings (SSSR count). The normalized spacial score (nSPS) is 16.6. The molecule has 0 saturated carbocycles. The third-order valence-corrected chi connectivity index (χ3v) is 3.62. The van der Waals surface area contributed by atoms with E-state index in [9.17, 15) is 4.79 Å². The summed E-state index contributed by atoms with van der Waals surface area (Å²) in [5.74, 6) is 0.770. The summed E-state index contributed by atoms with van der Waals surface area (Å²) < 4.78 is 12.0. The van der Waals surface area contributed by atoms with Crippen LogP contribution in [0.1, 0.15) is 25.5 Å². The number of aromatic nitrogens is 4. The van der Waals surface area contributed by atoms with Gasteiger partial charge < -0.3 is 14.8 Å². The van der Waals surface area contributed by atoms with Gasteiger partial charge in [0.05, 0.1) is 19.3 Å². The standard InChI is InChI=1S/C15H17N5O3/c1-4-23-14(21)12-9(2)16-15-17-18-19-20(15)13(12)10-6-5-7-11(8-10)22-3/h5-8,13H,4H2,1-3H3,(H,16,17,19). The van der Waals surface area contributed by atoms with E-state index in [1.165, 1.54) is 0 Å². The van der Waals surface area contributed by atoms with Crippen molar-refractivity contribution in [3.05, 3.63) is 41.1 Å². The van der Waals surface area contributed by atoms with Gasteiger partial charge in [0.15, 0.2) is 0 Å². The molecule has 0 radical (unpaired) electrons. The summed E-state index contributed by atoms with van der Waals surface area (Å²) in [6.07, 6.45) is 0. The number of nitrogens with one attached hydrogen (secondary N) is 1. The third kappa shape index (κ3) is 2.63. The number of rotatable bonds is 4. The molecule has 2 aromatic rings. The van der Waals surface area contributed by atoms with Crippen molar-refractivity contribution in [2.45, 2.75) is 19.9 Å². The summed E-state index contributed by atoms with van der Waals surface area (Å²) in [6.45, 7) is 3.87. The average Bonchev–Trinajstić information content (AvgIpc) is 3.01. The number of allylic oxidation sites excluding steroid dienone is 1. The topological polar surface area (TPSA) is 91.2 Å². The maximum Gasteiger partial charge on any atom is 0.338 e. The molecule has 2 heterocycles. The first-order valence-corrected chi connectivity index (χ1v) is 7.22. The molecule has 8 heteroatoms. The monoisotopic (exact) mass is 315 g/mol. The van der Waals surface area contributed by atoms with Crippen molar-refractivity contribution >= 4 is 11.9 Å². The number of carbonyl (C=O) groups excluding carboxylic acids is 1. The van der Waals surface area contributed by atoms with Gasteiger partial charge in [0.1, 0.15) is 11.8 Å². The van der Waals surface area contributed by atoms with Crippen molar-refractivity contribution in [3.8, 4) is 5.75 Å². The molecule has 0 saturated heterocycles. The fourth-order valence-electron chi connectivity index (χ4n) is 2.61. The van der Waals surface area contributed by atoms with Crippen LogP contribution >= 0.6 is 0 Å². The van der Waals surface area contributed by atoms with Gasteiger partial charge in [0.2, 0.25) is 5.95 Å². The van der Waals surface area contributed by atoms with Crippen LogP contribution in [0.25, 0.3) is 0 Å². The molecular weight excluding hydrogens is 298 g/mol. The van der Waals surface area contributed by atoms with E-state index < -0.39 is 12.0 Å². The lowest BCUT2D eigenvalue weighted by atomic mass is 9.95. The minimum Gasteiger partial charge on any atom is -0.497 e. The number of benzene rings is 1. The van der Waals surface area contributed by atoms with Crippen molar-refractivity contribution in [3.63, 3.8) is 0 Å². The van der Waals surface area contributed by atoms with Crippen molar-refractivity contribution in [1.29, 1.82) is 0 Å². The van der Waals surface area contributed by atoms with E-state index in [1.54, 1.807) is 25.6 Å². The molecule has 1 N–H and O–H groups in total. The second-order valence-electron chi connectivity index (χ2n) is 5.01. The lowest BCUT2D eigenvalue weighted by Gasteiger charge is -2.27. The minimum absolute atomic E-state index is 0.295. The van der Waals surface area contributed by atoms with E-state index in [2.05, 4.69) is 20.8 Å². The van der Waals surface area contributed by atoms with Gasteiger partial charge >= 0.3 is 5.97 Å². The predicted octanol–water partition coefficient (Wildman–Crippen LogP) is 1.53. The smallest absolute Gasteiger partial charge is 0.338 e. The summed E-state index contributed by atoms with van der Waals surface area (Å²) in [7, 11) is 1.59. The largest absolute Gasteiger partial charge is 0.497 e. The highest BCUT2D eigenvalue weighted by Gasteiger charge is 2.34. The lowest BCUT2D eigenvalue weighted by molar-refractivity contribution is -0.139. The molecule has 0 amide bonds. The molecule has 1 unspecified atom stereocenters. The first-order chi connectivity index (χ1) is 11.2. The number of nitrogens with zero attached hydrogens (tertiary/aromatic N) is 4. The Kier molecular flexibility index (Phi) is 3.96. The van der Waals surface area contributed by atoms with Crippen LogP contribution in [-0.2, 0) is 9.53 Å². The average molecular weight is 315 g/mol. The van der Waals surface area contributed by atoms with Crippen LogP contribution in [0.15, 0.2) is 35.5 Å². The van der Waals surface area contributed by atoms with Crippen LogP contribution in [-0.4, -0.2) is 39.9 Å². The van der Waals surface area contributed by atoms with E-state index >= 15 is 0 Å². The van der Waals surface area contributed by atoms with Crippen LogP contribution < -0.4 is 10.1 Å². The molecule has 1 atom stereocenters. The molecular formula is C15H17N5O3. The predicted molar refractivity (Wildman–Crippen MR) is 81.9 cm³/mol. The number of carbonyl (C=O) groups is 1. The summed E-state index contributed by atoms with van der Waals surface area (Å²) >= 11 is 0. The number of ether oxygens (including phenoxy) is 2. The lowest BCUT2D eigenvalue weighted by Crippen LogP contribution is -2.29. The highest BCUT2D eigenvalue weighted by Crippen LogP contribution is 2.35. The Bertz CT molecular complexity index is 768. The highest BCUT2D eigenvalue weighted by molar-refractivity contribution is 5.92. The van der Waals surface area contributed by atoms with Crippen molar-refractivity contribution in [2.24, 2.45) is 0 Å². The Morgan fingerprint density at radius 1 is 1.43 bits per heavy atom. The molecule has 0 fully saturated rings. The molecule has 0 spiro atoms. The van der Waals surface area contributed by atoms with Crippen LogP contribution in [0.5, 0.6) is 5.75 Å². The number of anilines is 1. The fourth-order valence-corrected chi connectivity index (χ4v) is 2.61. The Morgan fingerprint density at radius 2 is 2.26 bits per heavy atom.